The largest absolute Gasteiger partial charge is 0.319 e. The van der Waals surface area contributed by atoms with E-state index in [2.05, 4.69) is 5.32 Å². The molecule has 0 radical (unpaired) electrons. The van der Waals surface area contributed by atoms with Crippen LogP contribution in [-0.4, -0.2) is 5.91 Å². The molecule has 2 rings (SSSR count). The minimum absolute atomic E-state index is 0.0894. The first-order valence-corrected chi connectivity index (χ1v) is 6.26. The highest BCUT2D eigenvalue weighted by Crippen LogP contribution is 2.26. The van der Waals surface area contributed by atoms with Crippen molar-refractivity contribution in [2.24, 2.45) is 0 Å². The summed E-state index contributed by atoms with van der Waals surface area (Å²) in [6.07, 6.45) is 0. The fourth-order valence-electron chi connectivity index (χ4n) is 1.62. The van der Waals surface area contributed by atoms with Crippen LogP contribution in [0.3, 0.4) is 0 Å². The topological polar surface area (TPSA) is 29.1 Å². The number of anilines is 1. The van der Waals surface area contributed by atoms with Gasteiger partial charge in [-0.05, 0) is 36.8 Å². The van der Waals surface area contributed by atoms with Crippen molar-refractivity contribution in [3.05, 3.63) is 63.4 Å². The first kappa shape index (κ1) is 13.8. The fourth-order valence-corrected chi connectivity index (χ4v) is 2.19. The third-order valence-electron chi connectivity index (χ3n) is 2.56. The number of carbonyl (C=O) groups is 1. The monoisotopic (exact) mass is 297 g/mol. The molecule has 0 fully saturated rings. The van der Waals surface area contributed by atoms with Crippen LogP contribution in [-0.2, 0) is 0 Å². The predicted octanol–water partition coefficient (Wildman–Crippen LogP) is 4.69. The van der Waals surface area contributed by atoms with Crippen LogP contribution in [0.4, 0.5) is 10.1 Å². The number of rotatable bonds is 2. The van der Waals surface area contributed by atoms with E-state index in [4.69, 9.17) is 23.2 Å². The average Bonchev–Trinajstić information content (AvgIpc) is 2.32. The second-order valence-corrected chi connectivity index (χ2v) is 4.85. The molecule has 0 aromatic heterocycles. The number of hydrogen-bond acceptors (Lipinski definition) is 1. The molecule has 0 bridgehead atoms. The van der Waals surface area contributed by atoms with Crippen LogP contribution in [0.25, 0.3) is 0 Å². The zero-order valence-electron chi connectivity index (χ0n) is 10.0. The predicted molar refractivity (Wildman–Crippen MR) is 75.6 cm³/mol. The molecule has 1 amide bonds. The lowest BCUT2D eigenvalue weighted by molar-refractivity contribution is 0.102. The molecular formula is C14H10Cl2FNO. The third-order valence-corrected chi connectivity index (χ3v) is 3.19. The molecule has 0 aliphatic carbocycles. The van der Waals surface area contributed by atoms with E-state index < -0.39 is 11.7 Å². The van der Waals surface area contributed by atoms with Crippen LogP contribution >= 0.6 is 23.2 Å². The molecule has 19 heavy (non-hydrogen) atoms. The van der Waals surface area contributed by atoms with Gasteiger partial charge in [0.1, 0.15) is 5.82 Å². The summed E-state index contributed by atoms with van der Waals surface area (Å²) in [5.41, 5.74) is 0.990. The van der Waals surface area contributed by atoms with E-state index in [9.17, 15) is 9.18 Å². The maximum absolute atomic E-state index is 13.6. The molecule has 2 nitrogen and oxygen atoms in total. The van der Waals surface area contributed by atoms with Crippen molar-refractivity contribution in [3.8, 4) is 0 Å². The van der Waals surface area contributed by atoms with Gasteiger partial charge >= 0.3 is 0 Å². The zero-order valence-corrected chi connectivity index (χ0v) is 11.5. The number of hydrogen-bond donors (Lipinski definition) is 1. The van der Waals surface area contributed by atoms with Gasteiger partial charge in [0.05, 0.1) is 21.3 Å². The van der Waals surface area contributed by atoms with Crippen molar-refractivity contribution < 1.29 is 9.18 Å². The highest BCUT2D eigenvalue weighted by Gasteiger charge is 2.15. The smallest absolute Gasteiger partial charge is 0.258 e. The second kappa shape index (κ2) is 5.59. The van der Waals surface area contributed by atoms with Gasteiger partial charge in [-0.3, -0.25) is 4.79 Å². The molecule has 0 atom stereocenters. The van der Waals surface area contributed by atoms with Gasteiger partial charge in [-0.1, -0.05) is 35.3 Å². The molecule has 98 valence electrons. The number of benzene rings is 2. The lowest BCUT2D eigenvalue weighted by atomic mass is 10.2. The normalized spacial score (nSPS) is 10.3. The Morgan fingerprint density at radius 1 is 1.16 bits per heavy atom. The van der Waals surface area contributed by atoms with E-state index >= 15 is 0 Å². The van der Waals surface area contributed by atoms with Gasteiger partial charge in [-0.2, -0.15) is 0 Å². The maximum atomic E-state index is 13.6. The lowest BCUT2D eigenvalue weighted by Gasteiger charge is -2.09. The Hall–Kier alpha value is -1.58. The van der Waals surface area contributed by atoms with E-state index in [0.29, 0.717) is 0 Å². The van der Waals surface area contributed by atoms with Crippen molar-refractivity contribution >= 4 is 34.8 Å². The Balaban J connectivity index is 2.31. The first-order chi connectivity index (χ1) is 8.99. The van der Waals surface area contributed by atoms with Crippen LogP contribution in [0.5, 0.6) is 0 Å². The van der Waals surface area contributed by atoms with Crippen LogP contribution < -0.4 is 5.32 Å². The first-order valence-electron chi connectivity index (χ1n) is 5.50. The maximum Gasteiger partial charge on any atom is 0.258 e. The molecule has 2 aromatic carbocycles. The summed E-state index contributed by atoms with van der Waals surface area (Å²) in [7, 11) is 0. The number of aryl methyl sites for hydroxylation is 1. The molecule has 0 spiro atoms. The summed E-state index contributed by atoms with van der Waals surface area (Å²) >= 11 is 11.8. The van der Waals surface area contributed by atoms with Crippen LogP contribution in [0, 0.1) is 12.7 Å². The summed E-state index contributed by atoms with van der Waals surface area (Å²) in [5, 5.41) is 2.89. The van der Waals surface area contributed by atoms with E-state index in [1.165, 1.54) is 12.1 Å². The van der Waals surface area contributed by atoms with Crippen LogP contribution in [0.15, 0.2) is 36.4 Å². The number of halogens is 3. The second-order valence-electron chi connectivity index (χ2n) is 4.03. The van der Waals surface area contributed by atoms with Crippen LogP contribution in [0.1, 0.15) is 15.9 Å². The molecule has 0 heterocycles. The number of amides is 1. The van der Waals surface area contributed by atoms with Crippen molar-refractivity contribution in [2.75, 3.05) is 5.32 Å². The van der Waals surface area contributed by atoms with Gasteiger partial charge < -0.3 is 5.32 Å². The van der Waals surface area contributed by atoms with Gasteiger partial charge in [-0.15, -0.1) is 0 Å². The Morgan fingerprint density at radius 3 is 2.37 bits per heavy atom. The highest BCUT2D eigenvalue weighted by atomic mass is 35.5. The fraction of sp³-hybridized carbons (Fsp3) is 0.0714. The van der Waals surface area contributed by atoms with Crippen molar-refractivity contribution in [2.45, 2.75) is 6.92 Å². The molecule has 0 aliphatic rings. The molecule has 0 saturated heterocycles. The minimum atomic E-state index is -0.543. The number of carbonyl (C=O) groups excluding carboxylic acids is 1. The average molecular weight is 298 g/mol. The summed E-state index contributed by atoms with van der Waals surface area (Å²) < 4.78 is 13.6. The van der Waals surface area contributed by atoms with E-state index in [1.54, 1.807) is 31.2 Å². The summed E-state index contributed by atoms with van der Waals surface area (Å²) in [4.78, 5) is 12.0. The summed E-state index contributed by atoms with van der Waals surface area (Å²) in [6, 6.07) is 9.26. The molecule has 0 aliphatic heterocycles. The lowest BCUT2D eigenvalue weighted by Crippen LogP contribution is -2.14. The standard InChI is InChI=1S/C14H10Cl2FNO/c1-8-5-6-12(11(17)7-8)18-14(19)13-9(15)3-2-4-10(13)16/h2-7H,1H3,(H,18,19). The Labute approximate surface area is 120 Å². The minimum Gasteiger partial charge on any atom is -0.319 e. The summed E-state index contributed by atoms with van der Waals surface area (Å²) in [6.45, 7) is 1.76. The van der Waals surface area contributed by atoms with Gasteiger partial charge in [0, 0.05) is 0 Å². The molecule has 5 heteroatoms. The molecular weight excluding hydrogens is 288 g/mol. The summed E-state index contributed by atoms with van der Waals surface area (Å²) in [5.74, 6) is -1.05. The quantitative estimate of drug-likeness (QED) is 0.856. The molecule has 0 unspecified atom stereocenters. The Morgan fingerprint density at radius 2 is 1.79 bits per heavy atom. The molecule has 2 aromatic rings. The van der Waals surface area contributed by atoms with Gasteiger partial charge in [-0.25, -0.2) is 4.39 Å². The Bertz CT molecular complexity index is 623. The van der Waals surface area contributed by atoms with Gasteiger partial charge in [0.2, 0.25) is 0 Å². The zero-order chi connectivity index (χ0) is 14.0. The van der Waals surface area contributed by atoms with Gasteiger partial charge in [0.25, 0.3) is 5.91 Å². The van der Waals surface area contributed by atoms with Crippen molar-refractivity contribution in [3.63, 3.8) is 0 Å². The van der Waals surface area contributed by atoms with E-state index in [1.807, 2.05) is 0 Å². The van der Waals surface area contributed by atoms with E-state index in [0.717, 1.165) is 5.56 Å². The number of nitrogens with one attached hydrogen (secondary N) is 1. The molecule has 0 saturated carbocycles. The van der Waals surface area contributed by atoms with Crippen LogP contribution in [0.2, 0.25) is 10.0 Å². The van der Waals surface area contributed by atoms with Crippen molar-refractivity contribution in [1.29, 1.82) is 0 Å². The molecule has 1 N–H and O–H groups in total. The SMILES string of the molecule is Cc1ccc(NC(=O)c2c(Cl)cccc2Cl)c(F)c1. The van der Waals surface area contributed by atoms with Gasteiger partial charge in [0.15, 0.2) is 0 Å². The van der Waals surface area contributed by atoms with E-state index in [-0.39, 0.29) is 21.3 Å². The van der Waals surface area contributed by atoms with Crippen molar-refractivity contribution in [1.82, 2.24) is 0 Å². The Kier molecular flexibility index (Phi) is 4.08. The highest BCUT2D eigenvalue weighted by molar-refractivity contribution is 6.40. The third kappa shape index (κ3) is 3.06.